The van der Waals surface area contributed by atoms with Crippen molar-refractivity contribution in [2.45, 2.75) is 30.8 Å². The Hall–Kier alpha value is -2.86. The molecule has 0 amide bonds. The highest BCUT2D eigenvalue weighted by Gasteiger charge is 2.15. The van der Waals surface area contributed by atoms with Gasteiger partial charge in [-0.1, -0.05) is 54.2 Å². The third kappa shape index (κ3) is 3.53. The fourth-order valence-electron chi connectivity index (χ4n) is 2.92. The van der Waals surface area contributed by atoms with Crippen molar-refractivity contribution < 1.29 is 4.42 Å². The fraction of sp³-hybridized carbons (Fsp3) is 0.190. The van der Waals surface area contributed by atoms with E-state index in [1.54, 1.807) is 10.8 Å². The number of benzene rings is 2. The zero-order chi connectivity index (χ0) is 18.8. The highest BCUT2D eigenvalue weighted by Crippen LogP contribution is 2.26. The second kappa shape index (κ2) is 7.40. The first kappa shape index (κ1) is 17.5. The van der Waals surface area contributed by atoms with Crippen molar-refractivity contribution >= 4 is 22.7 Å². The number of thioether (sulfide) groups is 1. The first-order valence-corrected chi connectivity index (χ1v) is 9.76. The minimum absolute atomic E-state index is 0.0153. The third-order valence-electron chi connectivity index (χ3n) is 4.23. The molecular weight excluding hydrogens is 358 g/mol. The molecule has 0 saturated heterocycles. The Labute approximate surface area is 161 Å². The average Bonchev–Trinajstić information content (AvgIpc) is 3.16. The molecule has 0 unspecified atom stereocenters. The summed E-state index contributed by atoms with van der Waals surface area (Å²) in [5.74, 6) is 1.85. The SMILES string of the molecule is CC(C)n1c(SCc2ncc(-c3ccccc3)o2)nc2ccccc2c1=O. The number of oxazole rings is 1. The van der Waals surface area contributed by atoms with E-state index in [2.05, 4.69) is 4.98 Å². The van der Waals surface area contributed by atoms with Gasteiger partial charge in [0.05, 0.1) is 22.9 Å². The Balaban J connectivity index is 1.63. The van der Waals surface area contributed by atoms with E-state index in [0.29, 0.717) is 27.7 Å². The lowest BCUT2D eigenvalue weighted by atomic mass is 10.2. The maximum Gasteiger partial charge on any atom is 0.262 e. The number of hydrogen-bond donors (Lipinski definition) is 0. The fourth-order valence-corrected chi connectivity index (χ4v) is 3.90. The van der Waals surface area contributed by atoms with E-state index in [1.807, 2.05) is 68.4 Å². The smallest absolute Gasteiger partial charge is 0.262 e. The van der Waals surface area contributed by atoms with E-state index < -0.39 is 0 Å². The number of hydrogen-bond acceptors (Lipinski definition) is 5. The molecule has 4 rings (SSSR count). The van der Waals surface area contributed by atoms with Crippen molar-refractivity contribution in [3.63, 3.8) is 0 Å². The summed E-state index contributed by atoms with van der Waals surface area (Å²) < 4.78 is 7.59. The molecular formula is C21H19N3O2S. The molecule has 0 fully saturated rings. The van der Waals surface area contributed by atoms with E-state index in [1.165, 1.54) is 11.8 Å². The van der Waals surface area contributed by atoms with Gasteiger partial charge in [0.2, 0.25) is 5.89 Å². The maximum absolute atomic E-state index is 12.9. The van der Waals surface area contributed by atoms with Gasteiger partial charge in [0, 0.05) is 11.6 Å². The Bertz CT molecular complexity index is 1130. The number of fused-ring (bicyclic) bond motifs is 1. The molecule has 0 N–H and O–H groups in total. The van der Waals surface area contributed by atoms with Gasteiger partial charge in [0.25, 0.3) is 5.56 Å². The largest absolute Gasteiger partial charge is 0.440 e. The molecule has 0 aliphatic rings. The maximum atomic E-state index is 12.9. The van der Waals surface area contributed by atoms with Crippen LogP contribution in [0.4, 0.5) is 0 Å². The van der Waals surface area contributed by atoms with E-state index in [0.717, 1.165) is 11.3 Å². The van der Waals surface area contributed by atoms with Gasteiger partial charge in [0.15, 0.2) is 10.9 Å². The molecule has 5 nitrogen and oxygen atoms in total. The molecule has 0 aliphatic heterocycles. The molecule has 2 aromatic heterocycles. The molecule has 2 heterocycles. The summed E-state index contributed by atoms with van der Waals surface area (Å²) in [5.41, 5.74) is 1.68. The molecule has 2 aromatic carbocycles. The molecule has 27 heavy (non-hydrogen) atoms. The lowest BCUT2D eigenvalue weighted by Crippen LogP contribution is -2.25. The number of para-hydroxylation sites is 1. The van der Waals surface area contributed by atoms with Crippen LogP contribution in [0.2, 0.25) is 0 Å². The van der Waals surface area contributed by atoms with Crippen LogP contribution in [0.15, 0.2) is 75.2 Å². The first-order valence-electron chi connectivity index (χ1n) is 8.77. The molecule has 0 saturated carbocycles. The van der Waals surface area contributed by atoms with Crippen molar-refractivity contribution in [1.82, 2.24) is 14.5 Å². The van der Waals surface area contributed by atoms with Gasteiger partial charge in [-0.05, 0) is 26.0 Å². The summed E-state index contributed by atoms with van der Waals surface area (Å²) in [7, 11) is 0. The standard InChI is InChI=1S/C21H19N3O2S/c1-14(2)24-20(25)16-10-6-7-11-17(16)23-21(24)27-13-19-22-12-18(26-19)15-8-4-3-5-9-15/h3-12,14H,13H2,1-2H3. The molecule has 0 aliphatic carbocycles. The summed E-state index contributed by atoms with van der Waals surface area (Å²) in [4.78, 5) is 21.9. The van der Waals surface area contributed by atoms with Crippen LogP contribution >= 0.6 is 11.8 Å². The molecule has 0 bridgehead atoms. The Morgan fingerprint density at radius 1 is 1.07 bits per heavy atom. The normalized spacial score (nSPS) is 11.4. The minimum atomic E-state index is -0.0181. The van der Waals surface area contributed by atoms with E-state index in [-0.39, 0.29) is 11.6 Å². The number of rotatable bonds is 5. The Morgan fingerprint density at radius 3 is 2.59 bits per heavy atom. The zero-order valence-corrected chi connectivity index (χ0v) is 15.9. The topological polar surface area (TPSA) is 60.9 Å². The van der Waals surface area contributed by atoms with E-state index in [9.17, 15) is 4.79 Å². The van der Waals surface area contributed by atoms with Crippen molar-refractivity contribution in [3.8, 4) is 11.3 Å². The molecule has 0 radical (unpaired) electrons. The van der Waals surface area contributed by atoms with Crippen LogP contribution in [-0.4, -0.2) is 14.5 Å². The van der Waals surface area contributed by atoms with Crippen LogP contribution in [0.5, 0.6) is 0 Å². The van der Waals surface area contributed by atoms with Gasteiger partial charge in [-0.15, -0.1) is 0 Å². The van der Waals surface area contributed by atoms with Crippen LogP contribution in [0.25, 0.3) is 22.2 Å². The van der Waals surface area contributed by atoms with Crippen LogP contribution < -0.4 is 5.56 Å². The summed E-state index contributed by atoms with van der Waals surface area (Å²) >= 11 is 1.46. The minimum Gasteiger partial charge on any atom is -0.440 e. The molecule has 136 valence electrons. The van der Waals surface area contributed by atoms with Gasteiger partial charge in [-0.25, -0.2) is 9.97 Å². The third-order valence-corrected chi connectivity index (χ3v) is 5.17. The van der Waals surface area contributed by atoms with Crippen molar-refractivity contribution in [1.29, 1.82) is 0 Å². The van der Waals surface area contributed by atoms with E-state index >= 15 is 0 Å². The highest BCUT2D eigenvalue weighted by molar-refractivity contribution is 7.98. The predicted molar refractivity (Wildman–Crippen MR) is 108 cm³/mol. The quantitative estimate of drug-likeness (QED) is 0.365. The van der Waals surface area contributed by atoms with Gasteiger partial charge in [0.1, 0.15) is 0 Å². The molecule has 0 spiro atoms. The Morgan fingerprint density at radius 2 is 1.81 bits per heavy atom. The summed E-state index contributed by atoms with van der Waals surface area (Å²) in [6, 6.07) is 17.3. The summed E-state index contributed by atoms with van der Waals surface area (Å²) in [5, 5.41) is 1.31. The number of nitrogens with zero attached hydrogens (tertiary/aromatic N) is 3. The average molecular weight is 377 g/mol. The van der Waals surface area contributed by atoms with Gasteiger partial charge in [-0.3, -0.25) is 9.36 Å². The first-order chi connectivity index (χ1) is 13.1. The van der Waals surface area contributed by atoms with Crippen molar-refractivity contribution in [2.75, 3.05) is 0 Å². The summed E-state index contributed by atoms with van der Waals surface area (Å²) in [6.45, 7) is 3.97. The van der Waals surface area contributed by atoms with Gasteiger partial charge < -0.3 is 4.42 Å². The lowest BCUT2D eigenvalue weighted by molar-refractivity contribution is 0.514. The summed E-state index contributed by atoms with van der Waals surface area (Å²) in [6.07, 6.45) is 1.73. The van der Waals surface area contributed by atoms with Crippen molar-refractivity contribution in [3.05, 3.63) is 77.0 Å². The zero-order valence-electron chi connectivity index (χ0n) is 15.1. The molecule has 0 atom stereocenters. The van der Waals surface area contributed by atoms with Crippen LogP contribution in [0.1, 0.15) is 25.8 Å². The van der Waals surface area contributed by atoms with Crippen molar-refractivity contribution in [2.24, 2.45) is 0 Å². The van der Waals surface area contributed by atoms with Crippen LogP contribution in [0, 0.1) is 0 Å². The monoisotopic (exact) mass is 377 g/mol. The van der Waals surface area contributed by atoms with E-state index in [4.69, 9.17) is 9.40 Å². The van der Waals surface area contributed by atoms with Crippen LogP contribution in [-0.2, 0) is 5.75 Å². The predicted octanol–water partition coefficient (Wildman–Crippen LogP) is 4.92. The van der Waals surface area contributed by atoms with Gasteiger partial charge in [-0.2, -0.15) is 0 Å². The second-order valence-electron chi connectivity index (χ2n) is 6.45. The second-order valence-corrected chi connectivity index (χ2v) is 7.40. The van der Waals surface area contributed by atoms with Gasteiger partial charge >= 0.3 is 0 Å². The number of aromatic nitrogens is 3. The Kier molecular flexibility index (Phi) is 4.81. The molecule has 6 heteroatoms. The molecule has 4 aromatic rings. The lowest BCUT2D eigenvalue weighted by Gasteiger charge is -2.15. The van der Waals surface area contributed by atoms with Crippen LogP contribution in [0.3, 0.4) is 0 Å². The highest BCUT2D eigenvalue weighted by atomic mass is 32.2.